The number of nitrogens with one attached hydrogen (secondary N) is 1. The Balaban J connectivity index is 1.63. The molecule has 0 radical (unpaired) electrons. The van der Waals surface area contributed by atoms with E-state index >= 15 is 0 Å². The molecule has 6 nitrogen and oxygen atoms in total. The zero-order chi connectivity index (χ0) is 24.3. The lowest BCUT2D eigenvalue weighted by molar-refractivity contribution is -0.120. The molecule has 0 aromatic heterocycles. The monoisotopic (exact) mass is 478 g/mol. The number of carbonyl (C=O) groups is 1. The van der Waals surface area contributed by atoms with Gasteiger partial charge in [-0.15, -0.1) is 0 Å². The Morgan fingerprint density at radius 3 is 2.32 bits per heavy atom. The molecule has 1 aliphatic rings. The quantitative estimate of drug-likeness (QED) is 0.526. The number of para-hydroxylation sites is 1. The third-order valence-corrected chi connectivity index (χ3v) is 7.75. The number of aryl methyl sites for hydroxylation is 1. The first kappa shape index (κ1) is 23.8. The minimum absolute atomic E-state index is 0.139. The highest BCUT2D eigenvalue weighted by Crippen LogP contribution is 2.39. The van der Waals surface area contributed by atoms with E-state index in [1.165, 1.54) is 16.4 Å². The van der Waals surface area contributed by atoms with Crippen LogP contribution in [0.4, 0.5) is 5.69 Å². The van der Waals surface area contributed by atoms with Crippen molar-refractivity contribution >= 4 is 21.6 Å². The summed E-state index contributed by atoms with van der Waals surface area (Å²) >= 11 is 0. The maximum absolute atomic E-state index is 13.5. The first-order valence-corrected chi connectivity index (χ1v) is 12.9. The second kappa shape index (κ2) is 9.50. The summed E-state index contributed by atoms with van der Waals surface area (Å²) in [5.74, 6) is 0.351. The van der Waals surface area contributed by atoms with Crippen LogP contribution in [0.15, 0.2) is 83.8 Å². The lowest BCUT2D eigenvalue weighted by atomic mass is 9.89. The molecular weight excluding hydrogens is 448 g/mol. The smallest absolute Gasteiger partial charge is 0.264 e. The Morgan fingerprint density at radius 2 is 1.65 bits per heavy atom. The van der Waals surface area contributed by atoms with Crippen molar-refractivity contribution in [2.24, 2.45) is 0 Å². The van der Waals surface area contributed by atoms with Gasteiger partial charge in [0.25, 0.3) is 10.0 Å². The van der Waals surface area contributed by atoms with Crippen LogP contribution in [0.5, 0.6) is 5.75 Å². The Labute approximate surface area is 201 Å². The molecule has 1 amide bonds. The molecule has 0 saturated carbocycles. The van der Waals surface area contributed by atoms with Crippen LogP contribution in [0.25, 0.3) is 0 Å². The SMILES string of the molecule is CCc1ccc(N(CC(=O)NC2CC(C)(C)Oc3ccccc32)S(=O)(=O)c2ccccc2)cc1. The second-order valence-corrected chi connectivity index (χ2v) is 10.9. The highest BCUT2D eigenvalue weighted by Gasteiger charge is 2.35. The zero-order valence-corrected chi connectivity index (χ0v) is 20.5. The van der Waals surface area contributed by atoms with E-state index in [2.05, 4.69) is 5.32 Å². The number of hydrogen-bond acceptors (Lipinski definition) is 4. The fraction of sp³-hybridized carbons (Fsp3) is 0.296. The van der Waals surface area contributed by atoms with E-state index in [0.717, 1.165) is 23.3 Å². The van der Waals surface area contributed by atoms with Gasteiger partial charge in [0.2, 0.25) is 5.91 Å². The van der Waals surface area contributed by atoms with E-state index in [4.69, 9.17) is 4.74 Å². The van der Waals surface area contributed by atoms with Crippen LogP contribution in [0.3, 0.4) is 0 Å². The zero-order valence-electron chi connectivity index (χ0n) is 19.7. The molecule has 0 bridgehead atoms. The van der Waals surface area contributed by atoms with Crippen molar-refractivity contribution in [1.29, 1.82) is 0 Å². The van der Waals surface area contributed by atoms with Crippen molar-refractivity contribution in [3.63, 3.8) is 0 Å². The summed E-state index contributed by atoms with van der Waals surface area (Å²) in [6, 6.07) is 22.8. The summed E-state index contributed by atoms with van der Waals surface area (Å²) in [5, 5.41) is 3.05. The van der Waals surface area contributed by atoms with Gasteiger partial charge < -0.3 is 10.1 Å². The summed E-state index contributed by atoms with van der Waals surface area (Å²) in [5.41, 5.74) is 1.97. The summed E-state index contributed by atoms with van der Waals surface area (Å²) in [4.78, 5) is 13.4. The molecular formula is C27H30N2O4S. The van der Waals surface area contributed by atoms with Crippen LogP contribution in [-0.4, -0.2) is 26.5 Å². The molecule has 3 aromatic rings. The fourth-order valence-corrected chi connectivity index (χ4v) is 5.68. The van der Waals surface area contributed by atoms with E-state index in [1.807, 2.05) is 57.2 Å². The number of benzene rings is 3. The number of nitrogens with zero attached hydrogens (tertiary/aromatic N) is 1. The molecule has 4 rings (SSSR count). The molecule has 178 valence electrons. The molecule has 34 heavy (non-hydrogen) atoms. The number of anilines is 1. The van der Waals surface area contributed by atoms with Gasteiger partial charge in [0, 0.05) is 12.0 Å². The van der Waals surface area contributed by atoms with E-state index in [0.29, 0.717) is 12.1 Å². The van der Waals surface area contributed by atoms with E-state index in [9.17, 15) is 13.2 Å². The maximum atomic E-state index is 13.5. The number of rotatable bonds is 7. The lowest BCUT2D eigenvalue weighted by Gasteiger charge is -2.38. The van der Waals surface area contributed by atoms with Crippen molar-refractivity contribution < 1.29 is 17.9 Å². The molecule has 1 aliphatic heterocycles. The Bertz CT molecular complexity index is 1260. The topological polar surface area (TPSA) is 75.7 Å². The molecule has 0 saturated heterocycles. The summed E-state index contributed by atoms with van der Waals surface area (Å²) in [6.07, 6.45) is 1.41. The number of amides is 1. The molecule has 1 unspecified atom stereocenters. The molecule has 1 heterocycles. The van der Waals surface area contributed by atoms with Crippen LogP contribution in [-0.2, 0) is 21.2 Å². The molecule has 7 heteroatoms. The number of hydrogen-bond donors (Lipinski definition) is 1. The van der Waals surface area contributed by atoms with Gasteiger partial charge in [0.15, 0.2) is 0 Å². The van der Waals surface area contributed by atoms with Gasteiger partial charge in [0.1, 0.15) is 17.9 Å². The third kappa shape index (κ3) is 5.09. The minimum Gasteiger partial charge on any atom is -0.487 e. The molecule has 0 aliphatic carbocycles. The van der Waals surface area contributed by atoms with Crippen LogP contribution in [0.1, 0.15) is 44.4 Å². The second-order valence-electron chi connectivity index (χ2n) is 9.07. The number of fused-ring (bicyclic) bond motifs is 1. The highest BCUT2D eigenvalue weighted by molar-refractivity contribution is 7.92. The first-order valence-electron chi connectivity index (χ1n) is 11.4. The van der Waals surface area contributed by atoms with Gasteiger partial charge >= 0.3 is 0 Å². The number of carbonyl (C=O) groups excluding carboxylic acids is 1. The van der Waals surface area contributed by atoms with Crippen molar-refractivity contribution in [3.05, 3.63) is 90.0 Å². The van der Waals surface area contributed by atoms with Crippen molar-refractivity contribution in [1.82, 2.24) is 5.32 Å². The van der Waals surface area contributed by atoms with Gasteiger partial charge in [-0.25, -0.2) is 8.42 Å². The van der Waals surface area contributed by atoms with E-state index in [-0.39, 0.29) is 23.4 Å². The summed E-state index contributed by atoms with van der Waals surface area (Å²) in [6.45, 7) is 5.66. The third-order valence-electron chi connectivity index (χ3n) is 5.96. The number of sulfonamides is 1. The van der Waals surface area contributed by atoms with Crippen molar-refractivity contribution in [2.45, 2.75) is 50.2 Å². The van der Waals surface area contributed by atoms with E-state index in [1.54, 1.807) is 30.3 Å². The van der Waals surface area contributed by atoms with Crippen molar-refractivity contribution in [3.8, 4) is 5.75 Å². The van der Waals surface area contributed by atoms with Gasteiger partial charge in [-0.05, 0) is 56.2 Å². The molecule has 1 atom stereocenters. The van der Waals surface area contributed by atoms with Crippen LogP contribution in [0.2, 0.25) is 0 Å². The number of ether oxygens (including phenoxy) is 1. The van der Waals surface area contributed by atoms with E-state index < -0.39 is 15.6 Å². The summed E-state index contributed by atoms with van der Waals surface area (Å²) < 4.78 is 34.3. The van der Waals surface area contributed by atoms with Gasteiger partial charge in [-0.2, -0.15) is 0 Å². The minimum atomic E-state index is -3.95. The largest absolute Gasteiger partial charge is 0.487 e. The Kier molecular flexibility index (Phi) is 6.66. The lowest BCUT2D eigenvalue weighted by Crippen LogP contribution is -2.45. The summed E-state index contributed by atoms with van der Waals surface area (Å²) in [7, 11) is -3.95. The fourth-order valence-electron chi connectivity index (χ4n) is 4.23. The highest BCUT2D eigenvalue weighted by atomic mass is 32.2. The molecule has 0 spiro atoms. The standard InChI is InChI=1S/C27H30N2O4S/c1-4-20-14-16-21(17-15-20)29(34(31,32)22-10-6-5-7-11-22)19-26(30)28-24-18-27(2,3)33-25-13-9-8-12-23(24)25/h5-17,24H,4,18-19H2,1-3H3,(H,28,30). The first-order chi connectivity index (χ1) is 16.2. The van der Waals surface area contributed by atoms with Crippen molar-refractivity contribution in [2.75, 3.05) is 10.8 Å². The average molecular weight is 479 g/mol. The Morgan fingerprint density at radius 1 is 1.00 bits per heavy atom. The Hall–Kier alpha value is -3.32. The van der Waals surface area contributed by atoms with Crippen LogP contribution in [0, 0.1) is 0 Å². The van der Waals surface area contributed by atoms with Gasteiger partial charge in [-0.1, -0.05) is 55.5 Å². The van der Waals surface area contributed by atoms with Crippen LogP contribution >= 0.6 is 0 Å². The molecule has 3 aromatic carbocycles. The van der Waals surface area contributed by atoms with Crippen LogP contribution < -0.4 is 14.4 Å². The predicted octanol–water partition coefficient (Wildman–Crippen LogP) is 4.86. The average Bonchev–Trinajstić information content (AvgIpc) is 2.82. The van der Waals surface area contributed by atoms with Gasteiger partial charge in [-0.3, -0.25) is 9.10 Å². The predicted molar refractivity (Wildman–Crippen MR) is 133 cm³/mol. The normalized spacial score (nSPS) is 16.7. The maximum Gasteiger partial charge on any atom is 0.264 e. The molecule has 1 N–H and O–H groups in total. The van der Waals surface area contributed by atoms with Gasteiger partial charge in [0.05, 0.1) is 16.6 Å². The molecule has 0 fully saturated rings.